The van der Waals surface area contributed by atoms with E-state index in [-0.39, 0.29) is 22.9 Å². The van der Waals surface area contributed by atoms with E-state index in [4.69, 9.17) is 26.8 Å². The van der Waals surface area contributed by atoms with Crippen LogP contribution in [0.4, 0.5) is 0 Å². The maximum atomic E-state index is 12.3. The highest BCUT2D eigenvalue weighted by molar-refractivity contribution is 6.31. The third-order valence-electron chi connectivity index (χ3n) is 3.31. The molecule has 0 amide bonds. The summed E-state index contributed by atoms with van der Waals surface area (Å²) < 4.78 is 12.4. The standard InChI is InChI=1S/C17H23ClN4O3/c1-17(2,3)22-16(23)15(18)13(10-21-22)25-11-12-5-6-14(20-9-12)24-8-4-7-19/h5-6,9-10H,4,7-8,11,19H2,1-3H3. The summed E-state index contributed by atoms with van der Waals surface area (Å²) in [7, 11) is 0. The van der Waals surface area contributed by atoms with Crippen LogP contribution < -0.4 is 20.8 Å². The van der Waals surface area contributed by atoms with Crippen LogP contribution in [0.2, 0.25) is 5.02 Å². The normalized spacial score (nSPS) is 11.4. The Morgan fingerprint density at radius 3 is 2.60 bits per heavy atom. The smallest absolute Gasteiger partial charge is 0.289 e. The maximum absolute atomic E-state index is 12.3. The Bertz CT molecular complexity index is 754. The van der Waals surface area contributed by atoms with Gasteiger partial charge in [0.05, 0.1) is 18.3 Å². The molecule has 2 heterocycles. The second kappa shape index (κ2) is 8.31. The maximum Gasteiger partial charge on any atom is 0.289 e. The van der Waals surface area contributed by atoms with Crippen molar-refractivity contribution in [2.75, 3.05) is 13.2 Å². The third-order valence-corrected chi connectivity index (χ3v) is 3.66. The van der Waals surface area contributed by atoms with Gasteiger partial charge in [0, 0.05) is 17.8 Å². The predicted molar refractivity (Wildman–Crippen MR) is 96.2 cm³/mol. The number of pyridine rings is 1. The first-order chi connectivity index (χ1) is 11.8. The molecule has 0 spiro atoms. The average Bonchev–Trinajstić information content (AvgIpc) is 2.56. The summed E-state index contributed by atoms with van der Waals surface area (Å²) in [6.07, 6.45) is 3.88. The van der Waals surface area contributed by atoms with Crippen molar-refractivity contribution >= 4 is 11.6 Å². The van der Waals surface area contributed by atoms with Crippen molar-refractivity contribution in [1.29, 1.82) is 0 Å². The van der Waals surface area contributed by atoms with Gasteiger partial charge >= 0.3 is 0 Å². The summed E-state index contributed by atoms with van der Waals surface area (Å²) in [6, 6.07) is 3.59. The van der Waals surface area contributed by atoms with Crippen LogP contribution in [-0.4, -0.2) is 27.9 Å². The molecule has 0 aliphatic rings. The number of aromatic nitrogens is 3. The van der Waals surface area contributed by atoms with E-state index < -0.39 is 5.54 Å². The van der Waals surface area contributed by atoms with Gasteiger partial charge in [-0.2, -0.15) is 5.10 Å². The van der Waals surface area contributed by atoms with Crippen molar-refractivity contribution in [2.24, 2.45) is 5.73 Å². The van der Waals surface area contributed by atoms with E-state index in [1.807, 2.05) is 26.8 Å². The van der Waals surface area contributed by atoms with E-state index in [2.05, 4.69) is 10.1 Å². The van der Waals surface area contributed by atoms with Crippen LogP contribution >= 0.6 is 11.6 Å². The number of nitrogens with two attached hydrogens (primary N) is 1. The van der Waals surface area contributed by atoms with Gasteiger partial charge in [-0.15, -0.1) is 0 Å². The number of ether oxygens (including phenoxy) is 2. The summed E-state index contributed by atoms with van der Waals surface area (Å²) in [4.78, 5) is 16.5. The van der Waals surface area contributed by atoms with Crippen molar-refractivity contribution in [3.63, 3.8) is 0 Å². The molecule has 0 radical (unpaired) electrons. The Kier molecular flexibility index (Phi) is 6.39. The van der Waals surface area contributed by atoms with Crippen LogP contribution in [-0.2, 0) is 12.1 Å². The SMILES string of the molecule is CC(C)(C)n1ncc(OCc2ccc(OCCCN)nc2)c(Cl)c1=O. The zero-order chi connectivity index (χ0) is 18.4. The van der Waals surface area contributed by atoms with Crippen molar-refractivity contribution in [3.05, 3.63) is 45.5 Å². The Labute approximate surface area is 151 Å². The van der Waals surface area contributed by atoms with Crippen LogP contribution in [0, 0.1) is 0 Å². The number of rotatable bonds is 7. The van der Waals surface area contributed by atoms with Gasteiger partial charge in [0.25, 0.3) is 5.56 Å². The molecule has 136 valence electrons. The molecule has 0 saturated carbocycles. The molecule has 0 aliphatic heterocycles. The molecule has 2 aromatic heterocycles. The number of hydrogen-bond acceptors (Lipinski definition) is 6. The zero-order valence-corrected chi connectivity index (χ0v) is 15.4. The minimum absolute atomic E-state index is 0.0135. The highest BCUT2D eigenvalue weighted by atomic mass is 35.5. The Morgan fingerprint density at radius 2 is 2.00 bits per heavy atom. The minimum Gasteiger partial charge on any atom is -0.485 e. The van der Waals surface area contributed by atoms with Gasteiger partial charge < -0.3 is 15.2 Å². The first-order valence-corrected chi connectivity index (χ1v) is 8.39. The molecule has 2 aromatic rings. The zero-order valence-electron chi connectivity index (χ0n) is 14.7. The van der Waals surface area contributed by atoms with E-state index in [1.165, 1.54) is 10.9 Å². The molecule has 0 fully saturated rings. The largest absolute Gasteiger partial charge is 0.485 e. The number of halogens is 1. The van der Waals surface area contributed by atoms with Gasteiger partial charge in [0.1, 0.15) is 6.61 Å². The van der Waals surface area contributed by atoms with Gasteiger partial charge in [-0.3, -0.25) is 4.79 Å². The van der Waals surface area contributed by atoms with Crippen LogP contribution in [0.5, 0.6) is 11.6 Å². The summed E-state index contributed by atoms with van der Waals surface area (Å²) in [6.45, 7) is 6.96. The lowest BCUT2D eigenvalue weighted by Gasteiger charge is -2.21. The van der Waals surface area contributed by atoms with Gasteiger partial charge in [-0.1, -0.05) is 11.6 Å². The van der Waals surface area contributed by atoms with E-state index in [0.717, 1.165) is 12.0 Å². The molecule has 0 saturated heterocycles. The van der Waals surface area contributed by atoms with Crippen molar-refractivity contribution in [3.8, 4) is 11.6 Å². The van der Waals surface area contributed by atoms with Crippen LogP contribution in [0.25, 0.3) is 0 Å². The fourth-order valence-corrected chi connectivity index (χ4v) is 2.18. The molecule has 25 heavy (non-hydrogen) atoms. The van der Waals surface area contributed by atoms with E-state index >= 15 is 0 Å². The molecule has 0 aliphatic carbocycles. The molecule has 0 bridgehead atoms. The lowest BCUT2D eigenvalue weighted by Crippen LogP contribution is -2.36. The first-order valence-electron chi connectivity index (χ1n) is 8.02. The van der Waals surface area contributed by atoms with Crippen molar-refractivity contribution < 1.29 is 9.47 Å². The molecule has 2 rings (SSSR count). The van der Waals surface area contributed by atoms with E-state index in [1.54, 1.807) is 12.3 Å². The topological polar surface area (TPSA) is 92.3 Å². The van der Waals surface area contributed by atoms with Gasteiger partial charge in [-0.25, -0.2) is 9.67 Å². The fraction of sp³-hybridized carbons (Fsp3) is 0.471. The molecule has 8 heteroatoms. The predicted octanol–water partition coefficient (Wildman–Crippen LogP) is 2.35. The Balaban J connectivity index is 2.02. The van der Waals surface area contributed by atoms with Gasteiger partial charge in [0.15, 0.2) is 10.8 Å². The second-order valence-electron chi connectivity index (χ2n) is 6.49. The second-order valence-corrected chi connectivity index (χ2v) is 6.87. The minimum atomic E-state index is -0.455. The van der Waals surface area contributed by atoms with Crippen LogP contribution in [0.1, 0.15) is 32.8 Å². The molecular weight excluding hydrogens is 344 g/mol. The lowest BCUT2D eigenvalue weighted by molar-refractivity contribution is 0.288. The summed E-state index contributed by atoms with van der Waals surface area (Å²) in [5.74, 6) is 0.778. The molecule has 7 nitrogen and oxygen atoms in total. The lowest BCUT2D eigenvalue weighted by atomic mass is 10.1. The Hall–Kier alpha value is -2.12. The van der Waals surface area contributed by atoms with E-state index in [9.17, 15) is 4.79 Å². The number of nitrogens with zero attached hydrogens (tertiary/aromatic N) is 3. The quantitative estimate of drug-likeness (QED) is 0.756. The third kappa shape index (κ3) is 5.17. The van der Waals surface area contributed by atoms with Gasteiger partial charge in [-0.05, 0) is 39.8 Å². The van der Waals surface area contributed by atoms with E-state index in [0.29, 0.717) is 19.0 Å². The highest BCUT2D eigenvalue weighted by Crippen LogP contribution is 2.22. The molecular formula is C17H23ClN4O3. The molecule has 2 N–H and O–H groups in total. The van der Waals surface area contributed by atoms with Crippen LogP contribution in [0.3, 0.4) is 0 Å². The monoisotopic (exact) mass is 366 g/mol. The summed E-state index contributed by atoms with van der Waals surface area (Å²) in [5.41, 5.74) is 5.40. The average molecular weight is 367 g/mol. The molecule has 0 unspecified atom stereocenters. The van der Waals surface area contributed by atoms with Gasteiger partial charge in [0.2, 0.25) is 5.88 Å². The van der Waals surface area contributed by atoms with Crippen LogP contribution in [0.15, 0.2) is 29.3 Å². The molecule has 0 atom stereocenters. The first kappa shape index (κ1) is 19.2. The Morgan fingerprint density at radius 1 is 1.24 bits per heavy atom. The molecule has 0 aromatic carbocycles. The summed E-state index contributed by atoms with van der Waals surface area (Å²) >= 11 is 6.12. The number of hydrogen-bond donors (Lipinski definition) is 1. The van der Waals surface area contributed by atoms with Crippen molar-refractivity contribution in [2.45, 2.75) is 39.3 Å². The summed E-state index contributed by atoms with van der Waals surface area (Å²) in [5, 5.41) is 4.14. The van der Waals surface area contributed by atoms with Crippen molar-refractivity contribution in [1.82, 2.24) is 14.8 Å². The highest BCUT2D eigenvalue weighted by Gasteiger charge is 2.19. The fourth-order valence-electron chi connectivity index (χ4n) is 2.00.